The Morgan fingerprint density at radius 2 is 2.05 bits per heavy atom. The molecule has 1 aliphatic carbocycles. The van der Waals surface area contributed by atoms with E-state index in [1.165, 1.54) is 44.3 Å². The van der Waals surface area contributed by atoms with E-state index in [1.807, 2.05) is 6.92 Å². The van der Waals surface area contributed by atoms with Crippen LogP contribution in [-0.2, 0) is 0 Å². The molecule has 3 atom stereocenters. The molecule has 2 fully saturated rings. The molecule has 0 aromatic heterocycles. The first-order valence-electron chi connectivity index (χ1n) is 7.41. The highest BCUT2D eigenvalue weighted by molar-refractivity contribution is 9.10. The van der Waals surface area contributed by atoms with Crippen molar-refractivity contribution in [1.82, 2.24) is 0 Å². The quantitative estimate of drug-likeness (QED) is 0.878. The van der Waals surface area contributed by atoms with Gasteiger partial charge in [0.15, 0.2) is 0 Å². The summed E-state index contributed by atoms with van der Waals surface area (Å²) in [6.07, 6.45) is 6.46. The monoisotopic (exact) mass is 323 g/mol. The highest BCUT2D eigenvalue weighted by atomic mass is 79.9. The number of nitrogens with zero attached hydrogens (tertiary/aromatic N) is 1. The van der Waals surface area contributed by atoms with Crippen molar-refractivity contribution in [2.24, 2.45) is 5.92 Å². The van der Waals surface area contributed by atoms with Crippen LogP contribution in [0.1, 0.15) is 50.7 Å². The Hall–Kier alpha value is -0.540. The van der Waals surface area contributed by atoms with Crippen molar-refractivity contribution in [3.05, 3.63) is 28.2 Å². The summed E-state index contributed by atoms with van der Waals surface area (Å²) in [6.45, 7) is 2.99. The van der Waals surface area contributed by atoms with Gasteiger partial charge in [-0.05, 0) is 72.2 Å². The maximum Gasteiger partial charge on any atom is 0.0762 e. The summed E-state index contributed by atoms with van der Waals surface area (Å²) < 4.78 is 1.12. The van der Waals surface area contributed by atoms with Crippen LogP contribution in [0.2, 0.25) is 0 Å². The molecule has 1 heterocycles. The van der Waals surface area contributed by atoms with Gasteiger partial charge in [-0.2, -0.15) is 0 Å². The van der Waals surface area contributed by atoms with Crippen molar-refractivity contribution in [2.75, 3.05) is 11.4 Å². The maximum atomic E-state index is 9.67. The second kappa shape index (κ2) is 5.45. The lowest BCUT2D eigenvalue weighted by Gasteiger charge is -2.40. The Balaban J connectivity index is 1.88. The maximum absolute atomic E-state index is 9.67. The third-order valence-electron chi connectivity index (χ3n) is 4.76. The SMILES string of the molecule is CC(O)c1ccc(N2CCCC3CCCC32)c(Br)c1. The van der Waals surface area contributed by atoms with E-state index in [9.17, 15) is 5.11 Å². The fraction of sp³-hybridized carbons (Fsp3) is 0.625. The fourth-order valence-corrected chi connectivity index (χ4v) is 4.39. The number of benzene rings is 1. The number of piperidine rings is 1. The lowest BCUT2D eigenvalue weighted by Crippen LogP contribution is -2.42. The number of fused-ring (bicyclic) bond motifs is 1. The smallest absolute Gasteiger partial charge is 0.0762 e. The second-order valence-electron chi connectivity index (χ2n) is 5.98. The molecule has 3 heteroatoms. The lowest BCUT2D eigenvalue weighted by atomic mass is 9.91. The van der Waals surface area contributed by atoms with Crippen LogP contribution >= 0.6 is 15.9 Å². The zero-order valence-corrected chi connectivity index (χ0v) is 13.1. The number of hydrogen-bond donors (Lipinski definition) is 1. The molecule has 1 aliphatic heterocycles. The highest BCUT2D eigenvalue weighted by Crippen LogP contribution is 2.41. The zero-order chi connectivity index (χ0) is 13.4. The molecule has 2 aliphatic rings. The summed E-state index contributed by atoms with van der Waals surface area (Å²) in [5.74, 6) is 0.900. The Labute approximate surface area is 123 Å². The summed E-state index contributed by atoms with van der Waals surface area (Å²) in [5, 5.41) is 9.67. The van der Waals surface area contributed by atoms with Gasteiger partial charge in [0.05, 0.1) is 11.8 Å². The Morgan fingerprint density at radius 3 is 2.79 bits per heavy atom. The standard InChI is InChI=1S/C16H22BrNO/c1-11(19)13-7-8-16(14(17)10-13)18-9-3-5-12-4-2-6-15(12)18/h7-8,10-12,15,19H,2-6,9H2,1H3. The van der Waals surface area contributed by atoms with Crippen LogP contribution in [0.15, 0.2) is 22.7 Å². The number of hydrogen-bond acceptors (Lipinski definition) is 2. The van der Waals surface area contributed by atoms with Gasteiger partial charge in [-0.25, -0.2) is 0 Å². The molecular formula is C16H22BrNO. The normalized spacial score (nSPS) is 28.3. The van der Waals surface area contributed by atoms with Gasteiger partial charge in [0.25, 0.3) is 0 Å². The average Bonchev–Trinajstić information content (AvgIpc) is 2.86. The van der Waals surface area contributed by atoms with Crippen molar-refractivity contribution < 1.29 is 5.11 Å². The number of anilines is 1. The first-order chi connectivity index (χ1) is 9.16. The van der Waals surface area contributed by atoms with E-state index in [-0.39, 0.29) is 0 Å². The molecule has 0 amide bonds. The fourth-order valence-electron chi connectivity index (χ4n) is 3.77. The molecule has 1 aromatic rings. The van der Waals surface area contributed by atoms with Crippen LogP contribution in [0, 0.1) is 5.92 Å². The molecule has 3 unspecified atom stereocenters. The zero-order valence-electron chi connectivity index (χ0n) is 11.5. The summed E-state index contributed by atoms with van der Waals surface area (Å²) in [5.41, 5.74) is 2.29. The molecule has 1 saturated heterocycles. The minimum Gasteiger partial charge on any atom is -0.389 e. The largest absolute Gasteiger partial charge is 0.389 e. The molecule has 1 N–H and O–H groups in total. The summed E-state index contributed by atoms with van der Waals surface area (Å²) in [7, 11) is 0. The predicted octanol–water partition coefficient (Wildman–Crippen LogP) is 4.27. The van der Waals surface area contributed by atoms with Gasteiger partial charge in [0, 0.05) is 17.1 Å². The third kappa shape index (κ3) is 2.55. The molecule has 1 aromatic carbocycles. The van der Waals surface area contributed by atoms with Gasteiger partial charge < -0.3 is 10.0 Å². The van der Waals surface area contributed by atoms with Crippen molar-refractivity contribution in [2.45, 2.75) is 51.2 Å². The van der Waals surface area contributed by atoms with Crippen LogP contribution in [0.5, 0.6) is 0 Å². The highest BCUT2D eigenvalue weighted by Gasteiger charge is 2.35. The van der Waals surface area contributed by atoms with E-state index in [4.69, 9.17) is 0 Å². The van der Waals surface area contributed by atoms with Gasteiger partial charge in [-0.15, -0.1) is 0 Å². The lowest BCUT2D eigenvalue weighted by molar-refractivity contribution is 0.199. The molecule has 0 spiro atoms. The summed E-state index contributed by atoms with van der Waals surface area (Å²) in [6, 6.07) is 7.04. The van der Waals surface area contributed by atoms with Crippen molar-refractivity contribution in [3.8, 4) is 0 Å². The average molecular weight is 324 g/mol. The summed E-state index contributed by atoms with van der Waals surface area (Å²) in [4.78, 5) is 2.59. The molecular weight excluding hydrogens is 302 g/mol. The molecule has 19 heavy (non-hydrogen) atoms. The van der Waals surface area contributed by atoms with E-state index in [2.05, 4.69) is 39.0 Å². The Kier molecular flexibility index (Phi) is 3.86. The van der Waals surface area contributed by atoms with E-state index in [0.717, 1.165) is 22.0 Å². The second-order valence-corrected chi connectivity index (χ2v) is 6.84. The number of halogens is 1. The van der Waals surface area contributed by atoms with E-state index in [1.54, 1.807) is 0 Å². The van der Waals surface area contributed by atoms with Gasteiger partial charge >= 0.3 is 0 Å². The molecule has 104 valence electrons. The Bertz CT molecular complexity index is 460. The Morgan fingerprint density at radius 1 is 1.26 bits per heavy atom. The van der Waals surface area contributed by atoms with E-state index < -0.39 is 6.10 Å². The van der Waals surface area contributed by atoms with Crippen LogP contribution in [0.3, 0.4) is 0 Å². The van der Waals surface area contributed by atoms with Gasteiger partial charge in [-0.3, -0.25) is 0 Å². The predicted molar refractivity (Wildman–Crippen MR) is 82.5 cm³/mol. The number of aliphatic hydroxyl groups excluding tert-OH is 1. The number of aliphatic hydroxyl groups is 1. The molecule has 3 rings (SSSR count). The van der Waals surface area contributed by atoms with E-state index in [0.29, 0.717) is 0 Å². The van der Waals surface area contributed by atoms with Crippen molar-refractivity contribution >= 4 is 21.6 Å². The van der Waals surface area contributed by atoms with Gasteiger partial charge in [0.2, 0.25) is 0 Å². The molecule has 1 saturated carbocycles. The minimum atomic E-state index is -0.397. The molecule has 0 bridgehead atoms. The van der Waals surface area contributed by atoms with Crippen LogP contribution < -0.4 is 4.90 Å². The first kappa shape index (κ1) is 13.4. The third-order valence-corrected chi connectivity index (χ3v) is 5.39. The van der Waals surface area contributed by atoms with Crippen LogP contribution in [-0.4, -0.2) is 17.7 Å². The van der Waals surface area contributed by atoms with E-state index >= 15 is 0 Å². The summed E-state index contributed by atoms with van der Waals surface area (Å²) >= 11 is 3.70. The van der Waals surface area contributed by atoms with Crippen LogP contribution in [0.4, 0.5) is 5.69 Å². The molecule has 0 radical (unpaired) electrons. The first-order valence-corrected chi connectivity index (χ1v) is 8.20. The van der Waals surface area contributed by atoms with Crippen molar-refractivity contribution in [3.63, 3.8) is 0 Å². The topological polar surface area (TPSA) is 23.5 Å². The van der Waals surface area contributed by atoms with Crippen LogP contribution in [0.25, 0.3) is 0 Å². The van der Waals surface area contributed by atoms with Gasteiger partial charge in [0.1, 0.15) is 0 Å². The molecule has 2 nitrogen and oxygen atoms in total. The number of rotatable bonds is 2. The van der Waals surface area contributed by atoms with Crippen molar-refractivity contribution in [1.29, 1.82) is 0 Å². The minimum absolute atomic E-state index is 0.397. The van der Waals surface area contributed by atoms with Gasteiger partial charge in [-0.1, -0.05) is 12.5 Å².